The lowest BCUT2D eigenvalue weighted by Crippen LogP contribution is -2.29. The molecule has 4 N–H and O–H groups in total. The molecule has 0 spiro atoms. The van der Waals surface area contributed by atoms with E-state index in [1.807, 2.05) is 39.1 Å². The van der Waals surface area contributed by atoms with Gasteiger partial charge in [-0.2, -0.15) is 0 Å². The van der Waals surface area contributed by atoms with E-state index in [4.69, 9.17) is 30.9 Å². The van der Waals surface area contributed by atoms with Crippen LogP contribution in [0.1, 0.15) is 99.1 Å². The van der Waals surface area contributed by atoms with Gasteiger partial charge in [0.2, 0.25) is 0 Å². The van der Waals surface area contributed by atoms with Crippen LogP contribution in [0.2, 0.25) is 0 Å². The van der Waals surface area contributed by atoms with Gasteiger partial charge >= 0.3 is 0 Å². The summed E-state index contributed by atoms with van der Waals surface area (Å²) in [4.78, 5) is 19.2. The summed E-state index contributed by atoms with van der Waals surface area (Å²) in [6, 6.07) is 40.0. The number of nitrogens with zero attached hydrogens (tertiary/aromatic N) is 8. The highest BCUT2D eigenvalue weighted by Gasteiger charge is 2.33. The molecule has 10 aromatic rings. The van der Waals surface area contributed by atoms with Crippen molar-refractivity contribution in [1.29, 1.82) is 0 Å². The van der Waals surface area contributed by atoms with Crippen molar-refractivity contribution in [2.24, 2.45) is 37.4 Å². The van der Waals surface area contributed by atoms with Gasteiger partial charge in [0.15, 0.2) is 0 Å². The molecule has 0 aliphatic carbocycles. The van der Waals surface area contributed by atoms with Crippen molar-refractivity contribution in [2.75, 3.05) is 26.4 Å². The summed E-state index contributed by atoms with van der Waals surface area (Å²) < 4.78 is 20.8. The van der Waals surface area contributed by atoms with Crippen LogP contribution in [0.3, 0.4) is 0 Å². The third-order valence-corrected chi connectivity index (χ3v) is 15.8. The van der Waals surface area contributed by atoms with Crippen molar-refractivity contribution in [3.63, 3.8) is 0 Å². The predicted octanol–water partition coefficient (Wildman–Crippen LogP) is 12.2. The number of aryl methyl sites for hydroxylation is 4. The van der Waals surface area contributed by atoms with E-state index < -0.39 is 11.1 Å². The highest BCUT2D eigenvalue weighted by Crippen LogP contribution is 2.44. The summed E-state index contributed by atoms with van der Waals surface area (Å²) in [5.41, 5.74) is 30.2. The first-order valence-corrected chi connectivity index (χ1v) is 26.3. The van der Waals surface area contributed by atoms with E-state index in [0.29, 0.717) is 11.8 Å². The summed E-state index contributed by atoms with van der Waals surface area (Å²) in [5, 5.41) is 2.31. The maximum atomic E-state index is 6.59. The molecule has 0 radical (unpaired) electrons. The lowest BCUT2D eigenvalue weighted by molar-refractivity contribution is 0.0552. The van der Waals surface area contributed by atoms with Crippen molar-refractivity contribution in [2.45, 2.75) is 90.4 Å². The first kappa shape index (κ1) is 49.3. The largest absolute Gasteiger partial charge is 0.381 e. The van der Waals surface area contributed by atoms with Crippen LogP contribution in [-0.2, 0) is 34.6 Å². The van der Waals surface area contributed by atoms with Gasteiger partial charge < -0.3 is 39.2 Å². The fraction of sp³-hybridized carbons (Fsp3) is 0.355. The summed E-state index contributed by atoms with van der Waals surface area (Å²) >= 11 is 0. The molecule has 0 amide bonds. The van der Waals surface area contributed by atoms with Crippen molar-refractivity contribution in [3.8, 4) is 22.5 Å². The Hall–Kier alpha value is -6.96. The Morgan fingerprint density at radius 1 is 0.500 bits per heavy atom. The Morgan fingerprint density at radius 3 is 1.22 bits per heavy atom. The number of imidazole rings is 2. The van der Waals surface area contributed by atoms with Gasteiger partial charge in [-0.3, -0.25) is 9.97 Å². The number of rotatable bonds is 10. The van der Waals surface area contributed by atoms with Gasteiger partial charge in [-0.05, 0) is 126 Å². The molecule has 12 nitrogen and oxygen atoms in total. The molecule has 0 saturated carbocycles. The molecule has 2 unspecified atom stereocenters. The van der Waals surface area contributed by atoms with E-state index in [1.54, 1.807) is 0 Å². The summed E-state index contributed by atoms with van der Waals surface area (Å²) in [7, 11) is 4.08. The minimum atomic E-state index is -0.444. The second-order valence-electron chi connectivity index (χ2n) is 22.0. The fourth-order valence-corrected chi connectivity index (χ4v) is 12.0. The lowest BCUT2D eigenvalue weighted by atomic mass is 9.86. The average molecular weight is 987 g/mol. The molecular weight excluding hydrogens is 917 g/mol. The maximum absolute atomic E-state index is 6.59. The Labute approximate surface area is 434 Å². The van der Waals surface area contributed by atoms with Gasteiger partial charge in [-0.1, -0.05) is 84.9 Å². The van der Waals surface area contributed by atoms with Crippen molar-refractivity contribution < 1.29 is 9.47 Å². The first-order valence-electron chi connectivity index (χ1n) is 26.3. The van der Waals surface area contributed by atoms with Gasteiger partial charge in [-0.25, -0.2) is 9.97 Å². The van der Waals surface area contributed by atoms with Crippen molar-refractivity contribution >= 4 is 43.9 Å². The third-order valence-electron chi connectivity index (χ3n) is 15.8. The maximum Gasteiger partial charge on any atom is 0.0960 e. The van der Waals surface area contributed by atoms with Crippen LogP contribution in [0.15, 0.2) is 134 Å². The molecule has 12 heteroatoms. The SMILES string of the molecule is Cc1ncn(C)c1-c1cnc2c3ccc(C(C)(C)N)cc3n(C(c3ccccc3)C3CCOCC3)c2c1.Cc1ncn(C)c1-c1cnc2c3ccc(C(C)(C)N)cc3n(C(c3ccccc3)C3CCOCC3)c2c1. The molecule has 2 atom stereocenters. The molecule has 2 aliphatic rings. The Morgan fingerprint density at radius 2 is 0.878 bits per heavy atom. The van der Waals surface area contributed by atoms with Crippen molar-refractivity contribution in [3.05, 3.63) is 168 Å². The van der Waals surface area contributed by atoms with Gasteiger partial charge in [-0.15, -0.1) is 0 Å². The van der Waals surface area contributed by atoms with E-state index in [-0.39, 0.29) is 12.1 Å². The molecule has 2 aliphatic heterocycles. The summed E-state index contributed by atoms with van der Waals surface area (Å²) in [5.74, 6) is 0.901. The minimum absolute atomic E-state index is 0.158. The van der Waals surface area contributed by atoms with Gasteiger partial charge in [0.25, 0.3) is 0 Å². The predicted molar refractivity (Wildman–Crippen MR) is 299 cm³/mol. The average Bonchev–Trinajstić information content (AvgIpc) is 4.14. The highest BCUT2D eigenvalue weighted by molar-refractivity contribution is 6.08. The number of hydrogen-bond donors (Lipinski definition) is 2. The normalized spacial score (nSPS) is 16.0. The number of pyridine rings is 2. The molecule has 8 heterocycles. The van der Waals surface area contributed by atoms with Crippen molar-refractivity contribution in [1.82, 2.24) is 38.2 Å². The van der Waals surface area contributed by atoms with Crippen LogP contribution in [0.5, 0.6) is 0 Å². The minimum Gasteiger partial charge on any atom is -0.381 e. The Balaban J connectivity index is 0.000000159. The van der Waals surface area contributed by atoms with Crippen LogP contribution in [0.4, 0.5) is 0 Å². The zero-order valence-electron chi connectivity index (χ0n) is 44.2. The van der Waals surface area contributed by atoms with Gasteiger partial charge in [0.1, 0.15) is 0 Å². The van der Waals surface area contributed by atoms with E-state index >= 15 is 0 Å². The number of aromatic nitrogens is 8. The van der Waals surface area contributed by atoms with Crippen LogP contribution in [0.25, 0.3) is 66.4 Å². The second kappa shape index (κ2) is 19.7. The summed E-state index contributed by atoms with van der Waals surface area (Å²) in [6.45, 7) is 15.6. The number of nitrogens with two attached hydrogens (primary N) is 2. The number of ether oxygens (including phenoxy) is 2. The third kappa shape index (κ3) is 9.12. The van der Waals surface area contributed by atoms with E-state index in [0.717, 1.165) is 130 Å². The van der Waals surface area contributed by atoms with Crippen LogP contribution < -0.4 is 11.5 Å². The topological polar surface area (TPSA) is 142 Å². The van der Waals surface area contributed by atoms with Crippen LogP contribution >= 0.6 is 0 Å². The Kier molecular flexibility index (Phi) is 13.1. The highest BCUT2D eigenvalue weighted by atomic mass is 16.5. The molecule has 2 saturated heterocycles. The lowest BCUT2D eigenvalue weighted by Gasteiger charge is -2.33. The summed E-state index contributed by atoms with van der Waals surface area (Å²) in [6.07, 6.45) is 11.8. The number of benzene rings is 4. The molecule has 74 heavy (non-hydrogen) atoms. The quantitative estimate of drug-likeness (QED) is 0.138. The zero-order chi connectivity index (χ0) is 51.5. The fourth-order valence-electron chi connectivity index (χ4n) is 12.0. The molecule has 2 fully saturated rings. The molecule has 12 rings (SSSR count). The van der Waals surface area contributed by atoms with Crippen LogP contribution in [-0.4, -0.2) is 64.6 Å². The molecule has 380 valence electrons. The molecule has 6 aromatic heterocycles. The van der Waals surface area contributed by atoms with Gasteiger partial charge in [0.05, 0.1) is 80.6 Å². The monoisotopic (exact) mass is 987 g/mol. The van der Waals surface area contributed by atoms with E-state index in [2.05, 4.69) is 179 Å². The molecular formula is C62H70N10O2. The Bertz CT molecular complexity index is 3340. The molecule has 4 aromatic carbocycles. The molecule has 0 bridgehead atoms. The van der Waals surface area contributed by atoms with Crippen LogP contribution in [0, 0.1) is 25.7 Å². The van der Waals surface area contributed by atoms with Gasteiger partial charge in [0, 0.05) is 85.9 Å². The first-order chi connectivity index (χ1) is 35.7. The zero-order valence-corrected chi connectivity index (χ0v) is 44.2. The standard InChI is InChI=1S/2C31H35N5O/c2*1-20-29(35(4)19-34-20)23-16-27-28(33-18-23)25-11-10-24(31(2,3)32)17-26(25)36(27)30(21-8-6-5-7-9-21)22-12-14-37-15-13-22/h2*5-11,16-19,22,30H,12-15,32H2,1-4H3. The van der Waals surface area contributed by atoms with E-state index in [1.165, 1.54) is 22.2 Å². The van der Waals surface area contributed by atoms with E-state index in [9.17, 15) is 0 Å². The smallest absolute Gasteiger partial charge is 0.0960 e. The number of hydrogen-bond acceptors (Lipinski definition) is 8. The number of fused-ring (bicyclic) bond motifs is 6. The second-order valence-corrected chi connectivity index (χ2v) is 22.0.